The van der Waals surface area contributed by atoms with Crippen LogP contribution in [0.4, 0.5) is 22.4 Å². The first-order chi connectivity index (χ1) is 11.4. The van der Waals surface area contributed by atoms with E-state index in [0.717, 1.165) is 6.20 Å². The van der Waals surface area contributed by atoms with E-state index < -0.39 is 52.2 Å². The number of fused-ring (bicyclic) bond motifs is 1. The molecule has 0 atom stereocenters. The normalized spacial score (nSPS) is 14.0. The number of alkyl halides is 2. The molecule has 1 aromatic heterocycles. The summed E-state index contributed by atoms with van der Waals surface area (Å²) in [5, 5.41) is -0.527. The van der Waals surface area contributed by atoms with Gasteiger partial charge >= 0.3 is 12.8 Å². The van der Waals surface area contributed by atoms with Crippen molar-refractivity contribution in [2.24, 2.45) is 0 Å². The van der Waals surface area contributed by atoms with Gasteiger partial charge in [0, 0.05) is 6.20 Å². The van der Waals surface area contributed by atoms with Crippen molar-refractivity contribution in [1.29, 1.82) is 0 Å². The van der Waals surface area contributed by atoms with Gasteiger partial charge in [-0.2, -0.15) is 13.2 Å². The van der Waals surface area contributed by atoms with Crippen molar-refractivity contribution in [1.82, 2.24) is 4.98 Å². The van der Waals surface area contributed by atoms with Gasteiger partial charge in [-0.1, -0.05) is 0 Å². The summed E-state index contributed by atoms with van der Waals surface area (Å²) in [5.74, 6) is -4.95. The topological polar surface area (TPSA) is 77.6 Å². The maximum Gasteiger partial charge on any atom is 0.514 e. The molecule has 1 saturated carbocycles. The highest BCUT2D eigenvalue weighted by molar-refractivity contribution is 5.86. The quantitative estimate of drug-likeness (QED) is 0.679. The fraction of sp³-hybridized carbons (Fsp3) is 0.286. The lowest BCUT2D eigenvalue weighted by Crippen LogP contribution is -2.18. The third-order valence-electron chi connectivity index (χ3n) is 3.18. The molecule has 1 aromatic carbocycles. The molecule has 0 spiro atoms. The van der Waals surface area contributed by atoms with Crippen LogP contribution in [0.25, 0.3) is 10.9 Å². The molecule has 1 aliphatic carbocycles. The van der Waals surface area contributed by atoms with E-state index in [-0.39, 0.29) is 6.10 Å². The van der Waals surface area contributed by atoms with Gasteiger partial charge in [0.1, 0.15) is 6.10 Å². The van der Waals surface area contributed by atoms with Gasteiger partial charge < -0.3 is 19.2 Å². The van der Waals surface area contributed by atoms with E-state index in [0.29, 0.717) is 18.9 Å². The molecule has 128 valence electrons. The highest BCUT2D eigenvalue weighted by Crippen LogP contribution is 2.30. The number of ether oxygens (including phenoxy) is 3. The molecule has 0 aliphatic heterocycles. The summed E-state index contributed by atoms with van der Waals surface area (Å²) in [6.07, 6.45) is 0.807. The molecule has 3 rings (SSSR count). The Morgan fingerprint density at radius 2 is 2.00 bits per heavy atom. The molecule has 1 N–H and O–H groups in total. The minimum atomic E-state index is -3.43. The van der Waals surface area contributed by atoms with Gasteiger partial charge in [-0.25, -0.2) is 9.18 Å². The van der Waals surface area contributed by atoms with Crippen LogP contribution in [0.5, 0.6) is 11.5 Å². The summed E-state index contributed by atoms with van der Waals surface area (Å²) < 4.78 is 65.2. The number of benzene rings is 1. The second kappa shape index (κ2) is 6.02. The maximum absolute atomic E-state index is 13.6. The van der Waals surface area contributed by atoms with E-state index in [4.69, 9.17) is 4.74 Å². The molecule has 0 saturated heterocycles. The van der Waals surface area contributed by atoms with Crippen LogP contribution in [0.1, 0.15) is 12.8 Å². The SMILES string of the molecule is O=C(Oc1c[nH]c2c(OC(F)F)c(F)c(F)cc2c1=O)OC1CC1. The number of hydrogen-bond donors (Lipinski definition) is 1. The predicted octanol–water partition coefficient (Wildman–Crippen LogP) is 3.09. The average molecular weight is 347 g/mol. The molecule has 0 unspecified atom stereocenters. The van der Waals surface area contributed by atoms with E-state index in [1.807, 2.05) is 0 Å². The summed E-state index contributed by atoms with van der Waals surface area (Å²) in [4.78, 5) is 25.9. The average Bonchev–Trinajstić information content (AvgIpc) is 3.31. The molecule has 24 heavy (non-hydrogen) atoms. The van der Waals surface area contributed by atoms with Crippen LogP contribution >= 0.6 is 0 Å². The van der Waals surface area contributed by atoms with Crippen molar-refractivity contribution in [3.05, 3.63) is 34.1 Å². The number of pyridine rings is 1. The first-order valence-electron chi connectivity index (χ1n) is 6.73. The van der Waals surface area contributed by atoms with Crippen LogP contribution in [0.3, 0.4) is 0 Å². The van der Waals surface area contributed by atoms with Crippen LogP contribution in [0.15, 0.2) is 17.1 Å². The Bertz CT molecular complexity index is 862. The molecule has 0 amide bonds. The van der Waals surface area contributed by atoms with Gasteiger partial charge in [0.15, 0.2) is 17.3 Å². The largest absolute Gasteiger partial charge is 0.514 e. The molecule has 10 heteroatoms. The second-order valence-electron chi connectivity index (χ2n) is 4.95. The number of H-pyrrole nitrogens is 1. The Morgan fingerprint density at radius 3 is 2.62 bits per heavy atom. The van der Waals surface area contributed by atoms with E-state index in [1.165, 1.54) is 0 Å². The monoisotopic (exact) mass is 347 g/mol. The third kappa shape index (κ3) is 3.12. The van der Waals surface area contributed by atoms with Gasteiger partial charge in [-0.15, -0.1) is 0 Å². The Kier molecular flexibility index (Phi) is 4.04. The Labute approximate surface area is 130 Å². The molecule has 2 aromatic rings. The fourth-order valence-corrected chi connectivity index (χ4v) is 1.97. The van der Waals surface area contributed by atoms with Crippen LogP contribution in [-0.2, 0) is 4.74 Å². The third-order valence-corrected chi connectivity index (χ3v) is 3.18. The highest BCUT2D eigenvalue weighted by Gasteiger charge is 2.28. The van der Waals surface area contributed by atoms with Gasteiger partial charge in [0.25, 0.3) is 0 Å². The molecule has 1 aliphatic rings. The van der Waals surface area contributed by atoms with Crippen LogP contribution in [-0.4, -0.2) is 23.9 Å². The zero-order valence-electron chi connectivity index (χ0n) is 11.8. The molecular formula is C14H9F4NO5. The van der Waals surface area contributed by atoms with Crippen LogP contribution in [0.2, 0.25) is 0 Å². The number of carbonyl (C=O) groups is 1. The van der Waals surface area contributed by atoms with Gasteiger partial charge in [-0.3, -0.25) is 4.79 Å². The van der Waals surface area contributed by atoms with Gasteiger partial charge in [-0.05, 0) is 18.9 Å². The van der Waals surface area contributed by atoms with E-state index >= 15 is 0 Å². The van der Waals surface area contributed by atoms with Crippen molar-refractivity contribution in [3.63, 3.8) is 0 Å². The summed E-state index contributed by atoms with van der Waals surface area (Å²) in [5.41, 5.74) is -1.52. The lowest BCUT2D eigenvalue weighted by atomic mass is 10.2. The molecule has 0 bridgehead atoms. The molecule has 6 nitrogen and oxygen atoms in total. The Hall–Kier alpha value is -2.78. The van der Waals surface area contributed by atoms with Crippen molar-refractivity contribution in [2.45, 2.75) is 25.6 Å². The van der Waals surface area contributed by atoms with Crippen LogP contribution in [0, 0.1) is 11.6 Å². The zero-order chi connectivity index (χ0) is 17.4. The lowest BCUT2D eigenvalue weighted by Gasteiger charge is -2.11. The fourth-order valence-electron chi connectivity index (χ4n) is 1.97. The Balaban J connectivity index is 2.03. The Morgan fingerprint density at radius 1 is 1.29 bits per heavy atom. The van der Waals surface area contributed by atoms with E-state index in [9.17, 15) is 27.2 Å². The van der Waals surface area contributed by atoms with Crippen LogP contribution < -0.4 is 14.9 Å². The van der Waals surface area contributed by atoms with E-state index in [2.05, 4.69) is 14.5 Å². The first kappa shape index (κ1) is 16.1. The number of aromatic amines is 1. The number of hydrogen-bond acceptors (Lipinski definition) is 5. The maximum atomic E-state index is 13.6. The summed E-state index contributed by atoms with van der Waals surface area (Å²) in [6.45, 7) is -3.43. The summed E-state index contributed by atoms with van der Waals surface area (Å²) in [6, 6.07) is 0.487. The smallest absolute Gasteiger partial charge is 0.431 e. The summed E-state index contributed by atoms with van der Waals surface area (Å²) in [7, 11) is 0. The zero-order valence-corrected chi connectivity index (χ0v) is 11.8. The summed E-state index contributed by atoms with van der Waals surface area (Å²) >= 11 is 0. The van der Waals surface area contributed by atoms with E-state index in [1.54, 1.807) is 0 Å². The standard InChI is InChI=1S/C14H9F4NO5/c15-7-3-6-10(12(9(7)16)24-13(17)18)19-4-8(11(6)20)23-14(21)22-5-1-2-5/h3-5,13H,1-2H2,(H,19,20). The van der Waals surface area contributed by atoms with Crippen molar-refractivity contribution in [3.8, 4) is 11.5 Å². The molecule has 0 radical (unpaired) electrons. The van der Waals surface area contributed by atoms with Crippen molar-refractivity contribution in [2.75, 3.05) is 0 Å². The lowest BCUT2D eigenvalue weighted by molar-refractivity contribution is -0.0515. The molecular weight excluding hydrogens is 338 g/mol. The number of halogens is 4. The second-order valence-corrected chi connectivity index (χ2v) is 4.95. The minimum Gasteiger partial charge on any atom is -0.431 e. The number of aromatic nitrogens is 1. The highest BCUT2D eigenvalue weighted by atomic mass is 19.3. The van der Waals surface area contributed by atoms with Crippen molar-refractivity contribution < 1.29 is 36.6 Å². The number of rotatable bonds is 4. The first-order valence-corrected chi connectivity index (χ1v) is 6.73. The predicted molar refractivity (Wildman–Crippen MR) is 71.2 cm³/mol. The number of nitrogens with one attached hydrogen (secondary N) is 1. The van der Waals surface area contributed by atoms with Crippen molar-refractivity contribution >= 4 is 17.1 Å². The molecule has 1 heterocycles. The minimum absolute atomic E-state index is 0.269. The van der Waals surface area contributed by atoms with Gasteiger partial charge in [0.05, 0.1) is 10.9 Å². The number of carbonyl (C=O) groups excluding carboxylic acids is 1. The van der Waals surface area contributed by atoms with Gasteiger partial charge in [0.2, 0.25) is 11.2 Å². The molecule has 1 fully saturated rings.